The van der Waals surface area contributed by atoms with E-state index in [1.807, 2.05) is 30.2 Å². The Bertz CT molecular complexity index is 1660. The molecule has 4 aliphatic rings. The molecule has 43 heavy (non-hydrogen) atoms. The molecule has 0 aliphatic carbocycles. The van der Waals surface area contributed by atoms with Crippen LogP contribution in [0.3, 0.4) is 0 Å². The van der Waals surface area contributed by atoms with Gasteiger partial charge < -0.3 is 15.0 Å². The van der Waals surface area contributed by atoms with Crippen molar-refractivity contribution in [3.8, 4) is 16.9 Å². The second kappa shape index (κ2) is 10.8. The van der Waals surface area contributed by atoms with E-state index in [-0.39, 0.29) is 11.9 Å². The smallest absolute Gasteiger partial charge is 0.376 e. The average molecular weight is 593 g/mol. The molecule has 2 saturated heterocycles. The summed E-state index contributed by atoms with van der Waals surface area (Å²) in [5.74, 6) is -0.172. The van der Waals surface area contributed by atoms with Gasteiger partial charge in [-0.05, 0) is 49.9 Å². The third-order valence-electron chi connectivity index (χ3n) is 8.59. The lowest BCUT2D eigenvalue weighted by atomic mass is 9.95. The first-order valence-corrected chi connectivity index (χ1v) is 14.4. The van der Waals surface area contributed by atoms with Crippen molar-refractivity contribution in [2.45, 2.75) is 32.1 Å². The molecule has 8 rings (SSSR count). The summed E-state index contributed by atoms with van der Waals surface area (Å²) in [5, 5.41) is 2.67. The molecule has 8 heterocycles. The van der Waals surface area contributed by atoms with Crippen molar-refractivity contribution in [2.75, 3.05) is 49.6 Å². The highest BCUT2D eigenvalue weighted by Gasteiger charge is 2.34. The molecule has 10 nitrogen and oxygen atoms in total. The first-order valence-electron chi connectivity index (χ1n) is 14.4. The maximum absolute atomic E-state index is 13.2. The summed E-state index contributed by atoms with van der Waals surface area (Å²) in [6.45, 7) is 6.88. The Hall–Kier alpha value is -4.23. The third kappa shape index (κ3) is 5.27. The van der Waals surface area contributed by atoms with E-state index < -0.39 is 17.6 Å². The molecule has 0 spiro atoms. The van der Waals surface area contributed by atoms with E-state index in [0.29, 0.717) is 24.8 Å². The molecule has 0 radical (unpaired) electrons. The number of carbonyl (C=O) groups is 1. The maximum Gasteiger partial charge on any atom is 0.416 e. The van der Waals surface area contributed by atoms with Crippen LogP contribution >= 0.6 is 0 Å². The summed E-state index contributed by atoms with van der Waals surface area (Å²) in [4.78, 5) is 30.7. The fourth-order valence-electron chi connectivity index (χ4n) is 6.25. The SMILES string of the molecule is Cc1ncc(NC(=O)c2cc(C(F)(F)F)ccn2)cc1-n1cc2n1C1COCCN1CC1CCN(CC1)c1cncc-2c1. The van der Waals surface area contributed by atoms with E-state index >= 15 is 0 Å². The normalized spacial score (nSPS) is 20.6. The van der Waals surface area contributed by atoms with E-state index in [9.17, 15) is 18.0 Å². The zero-order valence-electron chi connectivity index (χ0n) is 23.6. The fourth-order valence-corrected chi connectivity index (χ4v) is 6.25. The van der Waals surface area contributed by atoms with Gasteiger partial charge in [-0.1, -0.05) is 0 Å². The largest absolute Gasteiger partial charge is 0.416 e. The molecule has 1 unspecified atom stereocenters. The van der Waals surface area contributed by atoms with E-state index in [0.717, 1.165) is 85.7 Å². The number of piperidine rings is 1. The van der Waals surface area contributed by atoms with Crippen LogP contribution in [0, 0.1) is 12.8 Å². The topological polar surface area (TPSA) is 93.3 Å². The van der Waals surface area contributed by atoms with Gasteiger partial charge in [0.05, 0.1) is 65.8 Å². The van der Waals surface area contributed by atoms with Crippen LogP contribution in [0.25, 0.3) is 16.9 Å². The van der Waals surface area contributed by atoms with Crippen molar-refractivity contribution >= 4 is 17.3 Å². The van der Waals surface area contributed by atoms with Crippen LogP contribution in [-0.2, 0) is 10.9 Å². The van der Waals surface area contributed by atoms with Crippen LogP contribution in [-0.4, -0.2) is 74.5 Å². The molecule has 4 aliphatic heterocycles. The molecule has 0 saturated carbocycles. The van der Waals surface area contributed by atoms with Gasteiger partial charge >= 0.3 is 6.18 Å². The molecule has 1 N–H and O–H groups in total. The monoisotopic (exact) mass is 592 g/mol. The van der Waals surface area contributed by atoms with Crippen LogP contribution in [0.15, 0.2) is 55.2 Å². The van der Waals surface area contributed by atoms with Gasteiger partial charge in [-0.2, -0.15) is 13.2 Å². The molecular formula is C30H31F3N8O2. The molecule has 4 aromatic rings. The van der Waals surface area contributed by atoms with Crippen molar-refractivity contribution in [1.29, 1.82) is 0 Å². The van der Waals surface area contributed by atoms with Crippen LogP contribution in [0.4, 0.5) is 24.5 Å². The lowest BCUT2D eigenvalue weighted by Crippen LogP contribution is -2.49. The van der Waals surface area contributed by atoms with E-state index in [4.69, 9.17) is 4.74 Å². The Morgan fingerprint density at radius 2 is 1.91 bits per heavy atom. The van der Waals surface area contributed by atoms with E-state index in [1.54, 1.807) is 6.07 Å². The number of amides is 1. The number of aryl methyl sites for hydroxylation is 1. The highest BCUT2D eigenvalue weighted by molar-refractivity contribution is 6.03. The van der Waals surface area contributed by atoms with Crippen LogP contribution in [0.2, 0.25) is 0 Å². The van der Waals surface area contributed by atoms with Gasteiger partial charge in [0.2, 0.25) is 0 Å². The summed E-state index contributed by atoms with van der Waals surface area (Å²) in [6.07, 6.45) is 5.87. The summed E-state index contributed by atoms with van der Waals surface area (Å²) in [5.41, 5.74) is 3.61. The summed E-state index contributed by atoms with van der Waals surface area (Å²) < 4.78 is 49.8. The second-order valence-corrected chi connectivity index (χ2v) is 11.3. The molecule has 2 fully saturated rings. The molecule has 1 atom stereocenters. The number of hydrogen-bond donors (Lipinski definition) is 1. The number of aromatic nitrogens is 5. The Balaban J connectivity index is 1.26. The predicted molar refractivity (Wildman–Crippen MR) is 153 cm³/mol. The Morgan fingerprint density at radius 1 is 1.07 bits per heavy atom. The lowest BCUT2D eigenvalue weighted by molar-refractivity contribution is -0.137. The Labute approximate surface area is 246 Å². The van der Waals surface area contributed by atoms with Gasteiger partial charge in [-0.25, -0.2) is 0 Å². The highest BCUT2D eigenvalue weighted by Crippen LogP contribution is 2.37. The lowest BCUT2D eigenvalue weighted by Gasteiger charge is -2.44. The minimum atomic E-state index is -4.58. The van der Waals surface area contributed by atoms with Crippen LogP contribution < -0.4 is 10.2 Å². The van der Waals surface area contributed by atoms with Gasteiger partial charge in [-0.15, -0.1) is 0 Å². The average Bonchev–Trinajstić information content (AvgIpc) is 2.99. The predicted octanol–water partition coefficient (Wildman–Crippen LogP) is 4.77. The summed E-state index contributed by atoms with van der Waals surface area (Å²) in [6, 6.07) is 5.53. The quantitative estimate of drug-likeness (QED) is 0.366. The number of nitrogens with zero attached hydrogens (tertiary/aromatic N) is 7. The minimum absolute atomic E-state index is 0.0678. The number of nitrogens with one attached hydrogen (secondary N) is 1. The molecule has 0 aromatic carbocycles. The second-order valence-electron chi connectivity index (χ2n) is 11.3. The van der Waals surface area contributed by atoms with Gasteiger partial charge in [0.1, 0.15) is 11.9 Å². The molecule has 224 valence electrons. The van der Waals surface area contributed by atoms with Gasteiger partial charge in [0, 0.05) is 44.1 Å². The molecular weight excluding hydrogens is 561 g/mol. The zero-order valence-corrected chi connectivity index (χ0v) is 23.6. The number of pyridine rings is 3. The molecule has 4 bridgehead atoms. The number of anilines is 2. The van der Waals surface area contributed by atoms with Crippen molar-refractivity contribution in [1.82, 2.24) is 29.2 Å². The highest BCUT2D eigenvalue weighted by atomic mass is 19.4. The minimum Gasteiger partial charge on any atom is -0.376 e. The Morgan fingerprint density at radius 3 is 2.72 bits per heavy atom. The zero-order chi connectivity index (χ0) is 29.7. The molecule has 4 aromatic heterocycles. The number of hydrogen-bond acceptors (Lipinski definition) is 7. The van der Waals surface area contributed by atoms with Crippen molar-refractivity contribution in [3.63, 3.8) is 0 Å². The number of ether oxygens (including phenoxy) is 1. The molecule has 13 heteroatoms. The van der Waals surface area contributed by atoms with Crippen molar-refractivity contribution in [3.05, 3.63) is 72.2 Å². The number of fused-ring (bicyclic) bond motifs is 2. The third-order valence-corrected chi connectivity index (χ3v) is 8.59. The first kappa shape index (κ1) is 27.6. The van der Waals surface area contributed by atoms with Crippen LogP contribution in [0.5, 0.6) is 0 Å². The number of rotatable bonds is 3. The number of morpholine rings is 1. The molecule has 1 amide bonds. The van der Waals surface area contributed by atoms with Gasteiger partial charge in [-0.3, -0.25) is 34.0 Å². The van der Waals surface area contributed by atoms with Crippen molar-refractivity contribution < 1.29 is 22.7 Å². The first-order chi connectivity index (χ1) is 20.7. The standard InChI is InChI=1S/C30H31F3N8O2/c1-19-26(12-23(14-36-19)37-29(42)25-11-22(2-5-35-25)30(31,32)33)40-17-27-21-10-24(15-34-13-21)38-6-3-20(4-7-38)16-39-8-9-43-18-28(39)41(27)40/h2,5,10-15,17,20,28H,3-4,6-9,16,18H2,1H3,(H,37,42). The summed E-state index contributed by atoms with van der Waals surface area (Å²) >= 11 is 0. The van der Waals surface area contributed by atoms with Gasteiger partial charge in [0.15, 0.2) is 0 Å². The number of carbonyl (C=O) groups excluding carboxylic acids is 1. The number of alkyl halides is 3. The van der Waals surface area contributed by atoms with Crippen molar-refractivity contribution in [2.24, 2.45) is 5.92 Å². The summed E-state index contributed by atoms with van der Waals surface area (Å²) in [7, 11) is 0. The number of halogens is 3. The fraction of sp³-hybridized carbons (Fsp3) is 0.400. The maximum atomic E-state index is 13.2. The van der Waals surface area contributed by atoms with Crippen LogP contribution in [0.1, 0.15) is 40.8 Å². The van der Waals surface area contributed by atoms with E-state index in [1.165, 1.54) is 6.20 Å². The Kier molecular flexibility index (Phi) is 6.93. The van der Waals surface area contributed by atoms with Gasteiger partial charge in [0.25, 0.3) is 5.91 Å². The van der Waals surface area contributed by atoms with E-state index in [2.05, 4.69) is 40.8 Å².